The van der Waals surface area contributed by atoms with Crippen molar-refractivity contribution in [1.29, 1.82) is 5.41 Å². The lowest BCUT2D eigenvalue weighted by Gasteiger charge is -2.32. The highest BCUT2D eigenvalue weighted by Crippen LogP contribution is 2.23. The van der Waals surface area contributed by atoms with Crippen molar-refractivity contribution in [2.75, 3.05) is 0 Å². The van der Waals surface area contributed by atoms with Crippen molar-refractivity contribution in [3.05, 3.63) is 23.9 Å². The summed E-state index contributed by atoms with van der Waals surface area (Å²) < 4.78 is 0. The topological polar surface area (TPSA) is 65.1 Å². The fourth-order valence-corrected chi connectivity index (χ4v) is 2.19. The lowest BCUT2D eigenvalue weighted by Crippen LogP contribution is -2.52. The van der Waals surface area contributed by atoms with E-state index < -0.39 is 0 Å². The van der Waals surface area contributed by atoms with Gasteiger partial charge in [0.15, 0.2) is 0 Å². The summed E-state index contributed by atoms with van der Waals surface area (Å²) in [4.78, 5) is 0. The molecule has 82 valence electrons. The lowest BCUT2D eigenvalue weighted by molar-refractivity contribution is 0.150. The second-order valence-corrected chi connectivity index (χ2v) is 4.14. The molecule has 4 N–H and O–H groups in total. The molecule has 0 saturated heterocycles. The van der Waals surface area contributed by atoms with Gasteiger partial charge < -0.3 is 10.7 Å². The van der Waals surface area contributed by atoms with Crippen molar-refractivity contribution < 1.29 is 0 Å². The van der Waals surface area contributed by atoms with Gasteiger partial charge in [-0.15, -0.1) is 0 Å². The van der Waals surface area contributed by atoms with Crippen LogP contribution in [0.3, 0.4) is 0 Å². The number of hydrazine groups is 1. The molecule has 1 heterocycles. The zero-order chi connectivity index (χ0) is 10.7. The van der Waals surface area contributed by atoms with Gasteiger partial charge in [-0.2, -0.15) is 0 Å². The molecule has 1 unspecified atom stereocenters. The van der Waals surface area contributed by atoms with Crippen molar-refractivity contribution in [1.82, 2.24) is 10.3 Å². The van der Waals surface area contributed by atoms with Gasteiger partial charge in [0.2, 0.25) is 0 Å². The smallest absolute Gasteiger partial charge is 0.111 e. The molecule has 1 aliphatic heterocycles. The first-order chi connectivity index (χ1) is 7.31. The highest BCUT2D eigenvalue weighted by Gasteiger charge is 2.25. The van der Waals surface area contributed by atoms with E-state index in [1.54, 1.807) is 0 Å². The minimum Gasteiger partial charge on any atom is -0.371 e. The van der Waals surface area contributed by atoms with E-state index in [4.69, 9.17) is 11.3 Å². The molecule has 0 aromatic carbocycles. The molecule has 15 heavy (non-hydrogen) atoms. The predicted molar refractivity (Wildman–Crippen MR) is 61.2 cm³/mol. The third kappa shape index (κ3) is 2.27. The number of hydrogen-bond donors (Lipinski definition) is 3. The van der Waals surface area contributed by atoms with Crippen LogP contribution in [-0.2, 0) is 0 Å². The minimum absolute atomic E-state index is 0.0804. The van der Waals surface area contributed by atoms with Crippen LogP contribution in [0.5, 0.6) is 0 Å². The first-order valence-electron chi connectivity index (χ1n) is 5.49. The average Bonchev–Trinajstić information content (AvgIpc) is 2.82. The Labute approximate surface area is 90.3 Å². The molecule has 0 aromatic heterocycles. The van der Waals surface area contributed by atoms with E-state index in [0.29, 0.717) is 6.04 Å². The van der Waals surface area contributed by atoms with Crippen LogP contribution in [0.1, 0.15) is 25.7 Å². The maximum Gasteiger partial charge on any atom is 0.111 e. The molecule has 1 saturated carbocycles. The van der Waals surface area contributed by atoms with Crippen molar-refractivity contribution in [3.8, 4) is 0 Å². The first kappa shape index (κ1) is 10.4. The summed E-state index contributed by atoms with van der Waals surface area (Å²) in [6.45, 7) is 0. The summed E-state index contributed by atoms with van der Waals surface area (Å²) in [5, 5.41) is 12.2. The van der Waals surface area contributed by atoms with E-state index in [2.05, 4.69) is 5.32 Å². The molecular formula is C11H18N4. The Kier molecular flexibility index (Phi) is 3.18. The number of hydrogen-bond acceptors (Lipinski definition) is 4. The zero-order valence-electron chi connectivity index (χ0n) is 8.82. The molecule has 4 nitrogen and oxygen atoms in total. The van der Waals surface area contributed by atoms with E-state index in [9.17, 15) is 0 Å². The fraction of sp³-hybridized carbons (Fsp3) is 0.545. The van der Waals surface area contributed by atoms with Crippen LogP contribution in [0, 0.1) is 5.41 Å². The Morgan fingerprint density at radius 2 is 2.20 bits per heavy atom. The van der Waals surface area contributed by atoms with E-state index in [1.165, 1.54) is 31.9 Å². The standard InChI is InChI=1S/C11H18N4/c12-7-9-5-6-11(14-8-9)15(13)10-3-1-2-4-10/h5-8,10-12,14H,1-4,13H2. The molecule has 1 aliphatic carbocycles. The summed E-state index contributed by atoms with van der Waals surface area (Å²) in [5.41, 5.74) is 0.881. The van der Waals surface area contributed by atoms with Crippen LogP contribution < -0.4 is 11.2 Å². The Balaban J connectivity index is 1.93. The molecule has 0 bridgehead atoms. The SMILES string of the molecule is N=CC1=CNC(N(N)C2CCCC2)C=C1. The van der Waals surface area contributed by atoms with Gasteiger partial charge in [-0.25, -0.2) is 5.01 Å². The predicted octanol–water partition coefficient (Wildman–Crippen LogP) is 1.12. The van der Waals surface area contributed by atoms with Crippen LogP contribution in [0.2, 0.25) is 0 Å². The number of nitrogens with one attached hydrogen (secondary N) is 2. The molecule has 1 atom stereocenters. The summed E-state index contributed by atoms with van der Waals surface area (Å²) >= 11 is 0. The largest absolute Gasteiger partial charge is 0.371 e. The second-order valence-electron chi connectivity index (χ2n) is 4.14. The third-order valence-electron chi connectivity index (χ3n) is 3.13. The fourth-order valence-electron chi connectivity index (χ4n) is 2.19. The van der Waals surface area contributed by atoms with Gasteiger partial charge in [-0.1, -0.05) is 18.9 Å². The van der Waals surface area contributed by atoms with Crippen molar-refractivity contribution in [2.24, 2.45) is 5.84 Å². The van der Waals surface area contributed by atoms with Crippen LogP contribution in [0.4, 0.5) is 0 Å². The number of rotatable bonds is 3. The van der Waals surface area contributed by atoms with Crippen LogP contribution in [-0.4, -0.2) is 23.4 Å². The first-order valence-corrected chi connectivity index (χ1v) is 5.49. The van der Waals surface area contributed by atoms with Gasteiger partial charge in [-0.05, 0) is 18.9 Å². The molecule has 0 spiro atoms. The highest BCUT2D eigenvalue weighted by atomic mass is 15.5. The molecular weight excluding hydrogens is 188 g/mol. The van der Waals surface area contributed by atoms with Crippen molar-refractivity contribution in [3.63, 3.8) is 0 Å². The third-order valence-corrected chi connectivity index (χ3v) is 3.13. The summed E-state index contributed by atoms with van der Waals surface area (Å²) in [6, 6.07) is 0.502. The molecule has 2 aliphatic rings. The second kappa shape index (κ2) is 4.59. The summed E-state index contributed by atoms with van der Waals surface area (Å²) in [6.07, 6.45) is 12.2. The Morgan fingerprint density at radius 3 is 2.73 bits per heavy atom. The zero-order valence-corrected chi connectivity index (χ0v) is 8.82. The van der Waals surface area contributed by atoms with Crippen molar-refractivity contribution in [2.45, 2.75) is 37.9 Å². The maximum absolute atomic E-state index is 7.11. The number of nitrogens with zero attached hydrogens (tertiary/aromatic N) is 1. The molecule has 4 heteroatoms. The maximum atomic E-state index is 7.11. The van der Waals surface area contributed by atoms with Gasteiger partial charge in [-0.3, -0.25) is 5.84 Å². The normalized spacial score (nSPS) is 26.5. The van der Waals surface area contributed by atoms with Gasteiger partial charge in [0, 0.05) is 24.0 Å². The molecule has 0 amide bonds. The number of allylic oxidation sites excluding steroid dienone is 2. The lowest BCUT2D eigenvalue weighted by atomic mass is 10.2. The van der Waals surface area contributed by atoms with Gasteiger partial charge in [0.1, 0.15) is 6.17 Å². The monoisotopic (exact) mass is 206 g/mol. The Morgan fingerprint density at radius 1 is 1.47 bits per heavy atom. The van der Waals surface area contributed by atoms with Crippen molar-refractivity contribution >= 4 is 6.21 Å². The molecule has 0 radical (unpaired) electrons. The van der Waals surface area contributed by atoms with Crippen LogP contribution in [0.15, 0.2) is 23.9 Å². The van der Waals surface area contributed by atoms with E-state index in [0.717, 1.165) is 5.57 Å². The summed E-state index contributed by atoms with van der Waals surface area (Å²) in [5.74, 6) is 6.07. The number of nitrogens with two attached hydrogens (primary N) is 1. The Hall–Kier alpha value is -1.13. The molecule has 0 aromatic rings. The molecule has 1 fully saturated rings. The van der Waals surface area contributed by atoms with Gasteiger partial charge in [0.25, 0.3) is 0 Å². The average molecular weight is 206 g/mol. The van der Waals surface area contributed by atoms with E-state index >= 15 is 0 Å². The van der Waals surface area contributed by atoms with Crippen LogP contribution in [0.25, 0.3) is 0 Å². The van der Waals surface area contributed by atoms with Gasteiger partial charge in [0.05, 0.1) is 0 Å². The van der Waals surface area contributed by atoms with Gasteiger partial charge >= 0.3 is 0 Å². The quantitative estimate of drug-likeness (QED) is 0.368. The molecule has 2 rings (SSSR count). The Bertz CT molecular complexity index is 289. The van der Waals surface area contributed by atoms with Crippen LogP contribution >= 0.6 is 0 Å². The highest BCUT2D eigenvalue weighted by molar-refractivity contribution is 5.79. The minimum atomic E-state index is 0.0804. The van der Waals surface area contributed by atoms with E-state index in [1.807, 2.05) is 23.4 Å². The summed E-state index contributed by atoms with van der Waals surface area (Å²) in [7, 11) is 0. The van der Waals surface area contributed by atoms with E-state index in [-0.39, 0.29) is 6.17 Å². The number of dihydropyridines is 1.